The normalized spacial score (nSPS) is 11.0. The van der Waals surface area contributed by atoms with Crippen molar-refractivity contribution in [3.8, 4) is 5.69 Å². The van der Waals surface area contributed by atoms with Gasteiger partial charge in [0, 0.05) is 47.0 Å². The lowest BCUT2D eigenvalue weighted by Gasteiger charge is -2.11. The number of halogens is 2. The van der Waals surface area contributed by atoms with Gasteiger partial charge in [-0.25, -0.2) is 0 Å². The number of tetrazole rings is 1. The number of thioether (sulfide) groups is 1. The Balaban J connectivity index is 0.00000289. The van der Waals surface area contributed by atoms with E-state index in [1.165, 1.54) is 22.2 Å². The van der Waals surface area contributed by atoms with Crippen LogP contribution in [-0.2, 0) is 13.1 Å². The molecule has 0 aliphatic carbocycles. The van der Waals surface area contributed by atoms with E-state index < -0.39 is 0 Å². The van der Waals surface area contributed by atoms with Crippen LogP contribution in [0.4, 0.5) is 0 Å². The lowest BCUT2D eigenvalue weighted by atomic mass is 10.1. The molecule has 2 heterocycles. The standard InChI is InChI=1S/C26H25ClN6S.ClH/c1-19-23(17-28-15-16-34-26-29-30-31-33(26)21-10-3-2-4-11-21)22-12-6-8-14-25(22)32(19)18-20-9-5-7-13-24(20)27;/h2-14,28H,15-18H2,1H3;1H. The highest BCUT2D eigenvalue weighted by Crippen LogP contribution is 2.28. The summed E-state index contributed by atoms with van der Waals surface area (Å²) in [7, 11) is 0. The summed E-state index contributed by atoms with van der Waals surface area (Å²) in [5, 5.41) is 18.6. The minimum atomic E-state index is 0. The van der Waals surface area contributed by atoms with Gasteiger partial charge in [0.05, 0.1) is 5.69 Å². The van der Waals surface area contributed by atoms with E-state index in [-0.39, 0.29) is 12.4 Å². The van der Waals surface area contributed by atoms with Gasteiger partial charge in [-0.1, -0.05) is 78.0 Å². The molecule has 0 saturated heterocycles. The molecule has 0 saturated carbocycles. The number of fused-ring (bicyclic) bond motifs is 1. The molecule has 5 aromatic rings. The summed E-state index contributed by atoms with van der Waals surface area (Å²) < 4.78 is 4.13. The first-order valence-electron chi connectivity index (χ1n) is 11.2. The van der Waals surface area contributed by atoms with Crippen LogP contribution in [0.3, 0.4) is 0 Å². The third-order valence-corrected chi connectivity index (χ3v) is 7.19. The van der Waals surface area contributed by atoms with Crippen molar-refractivity contribution in [3.05, 3.63) is 101 Å². The Morgan fingerprint density at radius 1 is 0.943 bits per heavy atom. The van der Waals surface area contributed by atoms with Crippen molar-refractivity contribution in [1.29, 1.82) is 0 Å². The van der Waals surface area contributed by atoms with Gasteiger partial charge in [0.1, 0.15) is 0 Å². The van der Waals surface area contributed by atoms with Crippen molar-refractivity contribution in [2.45, 2.75) is 25.2 Å². The lowest BCUT2D eigenvalue weighted by Crippen LogP contribution is -2.17. The lowest BCUT2D eigenvalue weighted by molar-refractivity contribution is 0.716. The van der Waals surface area contributed by atoms with E-state index in [9.17, 15) is 0 Å². The minimum absolute atomic E-state index is 0. The molecular formula is C26H26Cl2N6S. The summed E-state index contributed by atoms with van der Waals surface area (Å²) in [4.78, 5) is 0. The summed E-state index contributed by atoms with van der Waals surface area (Å²) in [6, 6.07) is 26.6. The van der Waals surface area contributed by atoms with Gasteiger partial charge >= 0.3 is 0 Å². The van der Waals surface area contributed by atoms with Gasteiger partial charge in [0.15, 0.2) is 0 Å². The van der Waals surface area contributed by atoms with Gasteiger partial charge < -0.3 is 9.88 Å². The second kappa shape index (κ2) is 11.7. The summed E-state index contributed by atoms with van der Waals surface area (Å²) in [5.74, 6) is 0.866. The maximum atomic E-state index is 6.45. The first-order chi connectivity index (χ1) is 16.7. The third kappa shape index (κ3) is 5.54. The summed E-state index contributed by atoms with van der Waals surface area (Å²) >= 11 is 8.10. The fraction of sp³-hybridized carbons (Fsp3) is 0.192. The highest BCUT2D eigenvalue weighted by Gasteiger charge is 2.15. The van der Waals surface area contributed by atoms with E-state index in [0.29, 0.717) is 0 Å². The molecule has 2 aromatic heterocycles. The quantitative estimate of drug-likeness (QED) is 0.191. The molecule has 0 unspecified atom stereocenters. The molecule has 6 nitrogen and oxygen atoms in total. The van der Waals surface area contributed by atoms with Gasteiger partial charge in [-0.3, -0.25) is 0 Å². The van der Waals surface area contributed by atoms with Gasteiger partial charge in [-0.15, -0.1) is 17.5 Å². The molecule has 0 amide bonds. The molecule has 0 fully saturated rings. The van der Waals surface area contributed by atoms with E-state index in [1.54, 1.807) is 16.4 Å². The maximum Gasteiger partial charge on any atom is 0.214 e. The topological polar surface area (TPSA) is 60.6 Å². The molecule has 0 bridgehead atoms. The Labute approximate surface area is 220 Å². The van der Waals surface area contributed by atoms with Crippen molar-refractivity contribution in [1.82, 2.24) is 30.1 Å². The van der Waals surface area contributed by atoms with E-state index in [4.69, 9.17) is 11.6 Å². The molecule has 0 spiro atoms. The van der Waals surface area contributed by atoms with Crippen LogP contribution >= 0.6 is 35.8 Å². The molecule has 3 aromatic carbocycles. The molecule has 180 valence electrons. The number of nitrogens with one attached hydrogen (secondary N) is 1. The number of para-hydroxylation sites is 2. The molecule has 0 aliphatic rings. The van der Waals surface area contributed by atoms with Gasteiger partial charge in [0.2, 0.25) is 5.16 Å². The van der Waals surface area contributed by atoms with E-state index in [2.05, 4.69) is 62.7 Å². The minimum Gasteiger partial charge on any atom is -0.340 e. The number of aromatic nitrogens is 5. The fourth-order valence-corrected chi connectivity index (χ4v) is 5.14. The first kappa shape index (κ1) is 25.3. The van der Waals surface area contributed by atoms with Crippen molar-refractivity contribution < 1.29 is 0 Å². The van der Waals surface area contributed by atoms with Crippen LogP contribution in [-0.4, -0.2) is 37.1 Å². The van der Waals surface area contributed by atoms with Crippen LogP contribution in [0.5, 0.6) is 0 Å². The summed E-state index contributed by atoms with van der Waals surface area (Å²) in [5.41, 5.74) is 5.90. The zero-order valence-electron chi connectivity index (χ0n) is 19.3. The summed E-state index contributed by atoms with van der Waals surface area (Å²) in [6.07, 6.45) is 0. The van der Waals surface area contributed by atoms with Gasteiger partial charge in [-0.05, 0) is 52.7 Å². The average Bonchev–Trinajstić information content (AvgIpc) is 3.44. The third-order valence-electron chi connectivity index (χ3n) is 5.90. The van der Waals surface area contributed by atoms with Gasteiger partial charge in [0.25, 0.3) is 0 Å². The molecule has 0 atom stereocenters. The Morgan fingerprint density at radius 3 is 2.51 bits per heavy atom. The number of hydrogen-bond acceptors (Lipinski definition) is 5. The molecule has 9 heteroatoms. The zero-order valence-corrected chi connectivity index (χ0v) is 21.7. The van der Waals surface area contributed by atoms with Crippen molar-refractivity contribution in [2.75, 3.05) is 12.3 Å². The number of benzene rings is 3. The van der Waals surface area contributed by atoms with Gasteiger partial charge in [-0.2, -0.15) is 4.68 Å². The van der Waals surface area contributed by atoms with Crippen molar-refractivity contribution in [3.63, 3.8) is 0 Å². The predicted octanol–water partition coefficient (Wildman–Crippen LogP) is 5.93. The Morgan fingerprint density at radius 2 is 1.69 bits per heavy atom. The van der Waals surface area contributed by atoms with Crippen LogP contribution in [0.15, 0.2) is 84.0 Å². The Kier molecular flexibility index (Phi) is 8.46. The Hall–Kier alpha value is -2.84. The number of hydrogen-bond donors (Lipinski definition) is 1. The second-order valence-corrected chi connectivity index (χ2v) is 9.46. The van der Waals surface area contributed by atoms with Crippen LogP contribution in [0.2, 0.25) is 5.02 Å². The largest absolute Gasteiger partial charge is 0.340 e. The Bertz CT molecular complexity index is 1400. The molecule has 35 heavy (non-hydrogen) atoms. The van der Waals surface area contributed by atoms with Crippen LogP contribution in [0.1, 0.15) is 16.8 Å². The smallest absolute Gasteiger partial charge is 0.214 e. The number of rotatable bonds is 9. The highest BCUT2D eigenvalue weighted by molar-refractivity contribution is 7.99. The predicted molar refractivity (Wildman–Crippen MR) is 146 cm³/mol. The van der Waals surface area contributed by atoms with Crippen LogP contribution in [0, 0.1) is 6.92 Å². The zero-order chi connectivity index (χ0) is 23.3. The molecule has 1 N–H and O–H groups in total. The molecular weight excluding hydrogens is 499 g/mol. The van der Waals surface area contributed by atoms with Crippen LogP contribution < -0.4 is 5.32 Å². The monoisotopic (exact) mass is 524 g/mol. The second-order valence-electron chi connectivity index (χ2n) is 7.99. The average molecular weight is 526 g/mol. The highest BCUT2D eigenvalue weighted by atomic mass is 35.5. The van der Waals surface area contributed by atoms with E-state index in [0.717, 1.165) is 46.8 Å². The van der Waals surface area contributed by atoms with Crippen LogP contribution in [0.25, 0.3) is 16.6 Å². The first-order valence-corrected chi connectivity index (χ1v) is 12.6. The van der Waals surface area contributed by atoms with E-state index in [1.807, 2.05) is 48.5 Å². The molecule has 5 rings (SSSR count). The molecule has 0 aliphatic heterocycles. The van der Waals surface area contributed by atoms with Crippen molar-refractivity contribution in [2.24, 2.45) is 0 Å². The van der Waals surface area contributed by atoms with Crippen molar-refractivity contribution >= 4 is 46.7 Å². The summed E-state index contributed by atoms with van der Waals surface area (Å²) in [6.45, 7) is 4.59. The fourth-order valence-electron chi connectivity index (χ4n) is 4.15. The maximum absolute atomic E-state index is 6.45. The molecule has 0 radical (unpaired) electrons. The van der Waals surface area contributed by atoms with E-state index >= 15 is 0 Å². The SMILES string of the molecule is Cc1c(CNCCSc2nnnn2-c2ccccc2)c2ccccc2n1Cc1ccccc1Cl.Cl. The number of nitrogens with zero attached hydrogens (tertiary/aromatic N) is 5.